The van der Waals surface area contributed by atoms with Crippen molar-refractivity contribution >= 4 is 23.5 Å². The highest BCUT2D eigenvalue weighted by Crippen LogP contribution is 2.74. The lowest BCUT2D eigenvalue weighted by molar-refractivity contribution is -0.194. The van der Waals surface area contributed by atoms with Gasteiger partial charge in [0, 0.05) is 5.41 Å². The van der Waals surface area contributed by atoms with E-state index >= 15 is 0 Å². The molecule has 2 bridgehead atoms. The second-order valence-corrected chi connectivity index (χ2v) is 12.8. The van der Waals surface area contributed by atoms with Crippen molar-refractivity contribution in [2.45, 2.75) is 66.2 Å². The molecule has 1 N–H and O–H groups in total. The van der Waals surface area contributed by atoms with Crippen LogP contribution in [0.1, 0.15) is 66.2 Å². The lowest BCUT2D eigenvalue weighted by Crippen LogP contribution is -2.65. The first-order valence-corrected chi connectivity index (χ1v) is 13.4. The van der Waals surface area contributed by atoms with Crippen LogP contribution in [0.4, 0.5) is 5.69 Å². The molecule has 186 valence electrons. The van der Waals surface area contributed by atoms with Gasteiger partial charge in [-0.05, 0) is 80.2 Å². The fourth-order valence-corrected chi connectivity index (χ4v) is 9.79. The summed E-state index contributed by atoms with van der Waals surface area (Å²) in [5.41, 5.74) is 0.789. The Kier molecular flexibility index (Phi) is 4.80. The SMILES string of the molecule is CC(C)C1=C[C@@]23CC[C@H]4[C@](C)(CCC[C@@]4(C)C(=O)O)[C@@H]2C[C@H]1[C@@H]1C(=O)N(c2ccccc2)C(=O)[C@H]13. The topological polar surface area (TPSA) is 74.7 Å². The zero-order chi connectivity index (χ0) is 24.9. The summed E-state index contributed by atoms with van der Waals surface area (Å²) in [4.78, 5) is 42.0. The highest BCUT2D eigenvalue weighted by atomic mass is 16.4. The first-order chi connectivity index (χ1) is 16.6. The fourth-order valence-electron chi connectivity index (χ4n) is 9.79. The van der Waals surface area contributed by atoms with Crippen LogP contribution in [-0.4, -0.2) is 22.9 Å². The van der Waals surface area contributed by atoms with Gasteiger partial charge in [0.2, 0.25) is 11.8 Å². The van der Waals surface area contributed by atoms with E-state index in [9.17, 15) is 19.5 Å². The minimum absolute atomic E-state index is 0.0356. The second kappa shape index (κ2) is 7.30. The van der Waals surface area contributed by atoms with E-state index in [1.807, 2.05) is 37.3 Å². The molecule has 0 unspecified atom stereocenters. The van der Waals surface area contributed by atoms with E-state index in [2.05, 4.69) is 26.8 Å². The monoisotopic (exact) mass is 475 g/mol. The Morgan fingerprint density at radius 1 is 1.03 bits per heavy atom. The largest absolute Gasteiger partial charge is 0.481 e. The number of carbonyl (C=O) groups is 3. The van der Waals surface area contributed by atoms with Crippen molar-refractivity contribution in [2.75, 3.05) is 4.90 Å². The zero-order valence-electron chi connectivity index (χ0n) is 21.3. The predicted molar refractivity (Wildman–Crippen MR) is 133 cm³/mol. The van der Waals surface area contributed by atoms with Crippen LogP contribution in [0, 0.1) is 51.8 Å². The van der Waals surface area contributed by atoms with Gasteiger partial charge in [-0.25, -0.2) is 0 Å². The summed E-state index contributed by atoms with van der Waals surface area (Å²) >= 11 is 0. The number of carboxylic acids is 1. The van der Waals surface area contributed by atoms with Gasteiger partial charge in [0.25, 0.3) is 0 Å². The molecule has 1 aromatic rings. The van der Waals surface area contributed by atoms with Crippen molar-refractivity contribution in [3.05, 3.63) is 42.0 Å². The number of hydrogen-bond acceptors (Lipinski definition) is 3. The molecule has 1 saturated heterocycles. The maximum atomic E-state index is 14.1. The van der Waals surface area contributed by atoms with Gasteiger partial charge in [-0.3, -0.25) is 19.3 Å². The van der Waals surface area contributed by atoms with Crippen LogP contribution >= 0.6 is 0 Å². The average molecular weight is 476 g/mol. The minimum Gasteiger partial charge on any atom is -0.481 e. The predicted octanol–water partition coefficient (Wildman–Crippen LogP) is 5.70. The standard InChI is InChI=1S/C30H37NO4/c1-17(2)20-16-30-14-11-21-28(3,12-8-13-29(21,4)27(34)35)22(30)15-19(20)23-24(30)26(33)31(25(23)32)18-9-6-5-7-10-18/h5-7,9-10,16-17,19,21-24H,8,11-15H2,1-4H3,(H,34,35)/t19-,21+,22+,23+,24+,28+,29-,30+/m1/s1. The van der Waals surface area contributed by atoms with E-state index in [0.29, 0.717) is 11.6 Å². The molecular weight excluding hydrogens is 438 g/mol. The number of allylic oxidation sites excluding steroid dienone is 2. The van der Waals surface area contributed by atoms with Gasteiger partial charge < -0.3 is 5.11 Å². The molecule has 5 nitrogen and oxygen atoms in total. The molecule has 5 aliphatic carbocycles. The number of hydrogen-bond donors (Lipinski definition) is 1. The summed E-state index contributed by atoms with van der Waals surface area (Å²) in [5, 5.41) is 10.3. The number of anilines is 1. The number of fused-ring (bicyclic) bond motifs is 1. The van der Waals surface area contributed by atoms with Crippen molar-refractivity contribution in [2.24, 2.45) is 51.8 Å². The number of imide groups is 1. The normalized spacial score (nSPS) is 44.1. The van der Waals surface area contributed by atoms with E-state index in [0.717, 1.165) is 38.5 Å². The van der Waals surface area contributed by atoms with E-state index in [1.165, 1.54) is 10.5 Å². The Bertz CT molecular complexity index is 1140. The smallest absolute Gasteiger partial charge is 0.309 e. The summed E-state index contributed by atoms with van der Waals surface area (Å²) in [5.74, 6) is -0.668. The van der Waals surface area contributed by atoms with Crippen molar-refractivity contribution in [1.82, 2.24) is 0 Å². The minimum atomic E-state index is -0.721. The van der Waals surface area contributed by atoms with Gasteiger partial charge in [0.05, 0.1) is 22.9 Å². The molecule has 4 fully saturated rings. The van der Waals surface area contributed by atoms with Gasteiger partial charge in [0.15, 0.2) is 0 Å². The molecule has 3 saturated carbocycles. The van der Waals surface area contributed by atoms with Crippen molar-refractivity contribution in [1.29, 1.82) is 0 Å². The molecule has 0 radical (unpaired) electrons. The number of carboxylic acid groups (broad SMARTS) is 1. The molecule has 1 aromatic carbocycles. The van der Waals surface area contributed by atoms with Crippen LogP contribution in [0.3, 0.4) is 0 Å². The summed E-state index contributed by atoms with van der Waals surface area (Å²) < 4.78 is 0. The van der Waals surface area contributed by atoms with Gasteiger partial charge >= 0.3 is 5.97 Å². The van der Waals surface area contributed by atoms with Crippen LogP contribution in [0.25, 0.3) is 0 Å². The maximum absolute atomic E-state index is 14.1. The maximum Gasteiger partial charge on any atom is 0.309 e. The molecule has 0 aromatic heterocycles. The quantitative estimate of drug-likeness (QED) is 0.449. The third-order valence-corrected chi connectivity index (χ3v) is 11.2. The Hall–Kier alpha value is -2.43. The molecule has 35 heavy (non-hydrogen) atoms. The Balaban J connectivity index is 1.50. The molecule has 7 rings (SSSR count). The highest BCUT2D eigenvalue weighted by Gasteiger charge is 2.73. The molecule has 2 amide bonds. The number of aliphatic carboxylic acids is 1. The Labute approximate surface area is 208 Å². The van der Waals surface area contributed by atoms with E-state index in [1.54, 1.807) is 0 Å². The number of rotatable bonds is 3. The Morgan fingerprint density at radius 2 is 1.74 bits per heavy atom. The van der Waals surface area contributed by atoms with Gasteiger partial charge in [0.1, 0.15) is 0 Å². The number of carbonyl (C=O) groups excluding carboxylic acids is 2. The summed E-state index contributed by atoms with van der Waals surface area (Å²) in [7, 11) is 0. The van der Waals surface area contributed by atoms with Crippen molar-refractivity contribution in [3.63, 3.8) is 0 Å². The zero-order valence-corrected chi connectivity index (χ0v) is 21.3. The summed E-state index contributed by atoms with van der Waals surface area (Å²) in [6.45, 7) is 8.69. The molecule has 1 aliphatic heterocycles. The van der Waals surface area contributed by atoms with Crippen molar-refractivity contribution < 1.29 is 19.5 Å². The van der Waals surface area contributed by atoms with Crippen LogP contribution in [-0.2, 0) is 14.4 Å². The summed E-state index contributed by atoms with van der Waals surface area (Å²) in [6, 6.07) is 9.39. The average Bonchev–Trinajstić information content (AvgIpc) is 3.11. The van der Waals surface area contributed by atoms with E-state index < -0.39 is 11.4 Å². The number of para-hydroxylation sites is 1. The number of benzene rings is 1. The molecule has 6 aliphatic rings. The van der Waals surface area contributed by atoms with E-state index in [-0.39, 0.29) is 52.2 Å². The highest BCUT2D eigenvalue weighted by molar-refractivity contribution is 6.22. The molecule has 8 atom stereocenters. The number of amides is 2. The van der Waals surface area contributed by atoms with E-state index in [4.69, 9.17) is 0 Å². The fraction of sp³-hybridized carbons (Fsp3) is 0.633. The van der Waals surface area contributed by atoms with Gasteiger partial charge in [-0.1, -0.05) is 57.0 Å². The first-order valence-electron chi connectivity index (χ1n) is 13.4. The molecule has 5 heteroatoms. The molecular formula is C30H37NO4. The first kappa shape index (κ1) is 23.0. The summed E-state index contributed by atoms with van der Waals surface area (Å²) in [6.07, 6.45) is 7.58. The lowest BCUT2D eigenvalue weighted by Gasteiger charge is -2.68. The lowest BCUT2D eigenvalue weighted by atomic mass is 9.34. The van der Waals surface area contributed by atoms with Crippen LogP contribution in [0.5, 0.6) is 0 Å². The second-order valence-electron chi connectivity index (χ2n) is 12.8. The third-order valence-electron chi connectivity index (χ3n) is 11.2. The number of nitrogens with zero attached hydrogens (tertiary/aromatic N) is 1. The van der Waals surface area contributed by atoms with Crippen molar-refractivity contribution in [3.8, 4) is 0 Å². The molecule has 1 heterocycles. The van der Waals surface area contributed by atoms with Crippen LogP contribution < -0.4 is 4.90 Å². The van der Waals surface area contributed by atoms with Crippen LogP contribution in [0.15, 0.2) is 42.0 Å². The van der Waals surface area contributed by atoms with Gasteiger partial charge in [-0.15, -0.1) is 0 Å². The van der Waals surface area contributed by atoms with Gasteiger partial charge in [-0.2, -0.15) is 0 Å². The molecule has 1 spiro atoms. The Morgan fingerprint density at radius 3 is 2.40 bits per heavy atom. The van der Waals surface area contributed by atoms with Crippen LogP contribution in [0.2, 0.25) is 0 Å². The third kappa shape index (κ3) is 2.73.